The average Bonchev–Trinajstić information content (AvgIpc) is 3.22. The maximum absolute atomic E-state index is 13.3. The Morgan fingerprint density at radius 1 is 1.26 bits per heavy atom. The molecule has 34 heavy (non-hydrogen) atoms. The van der Waals surface area contributed by atoms with Gasteiger partial charge < -0.3 is 20.0 Å². The second-order valence-corrected chi connectivity index (χ2v) is 8.79. The van der Waals surface area contributed by atoms with E-state index in [0.717, 1.165) is 11.1 Å². The van der Waals surface area contributed by atoms with Crippen LogP contribution in [0.25, 0.3) is 22.3 Å². The molecule has 10 heteroatoms. The van der Waals surface area contributed by atoms with Gasteiger partial charge in [-0.15, -0.1) is 0 Å². The van der Waals surface area contributed by atoms with Crippen LogP contribution in [0.5, 0.6) is 0 Å². The summed E-state index contributed by atoms with van der Waals surface area (Å²) in [5.74, 6) is 0.467. The Balaban J connectivity index is 1.85. The van der Waals surface area contributed by atoms with Crippen molar-refractivity contribution in [2.24, 2.45) is 7.05 Å². The molecule has 178 valence electrons. The molecule has 0 radical (unpaired) electrons. The van der Waals surface area contributed by atoms with Crippen molar-refractivity contribution in [3.63, 3.8) is 0 Å². The van der Waals surface area contributed by atoms with Crippen LogP contribution >= 0.6 is 11.6 Å². The molecule has 0 bridgehead atoms. The number of benzene rings is 1. The summed E-state index contributed by atoms with van der Waals surface area (Å²) in [4.78, 5) is 17.4. The van der Waals surface area contributed by atoms with E-state index in [9.17, 15) is 15.1 Å². The van der Waals surface area contributed by atoms with E-state index in [1.807, 2.05) is 26.0 Å². The zero-order valence-corrected chi connectivity index (χ0v) is 20.3. The van der Waals surface area contributed by atoms with E-state index in [1.165, 1.54) is 7.05 Å². The quantitative estimate of drug-likeness (QED) is 0.210. The van der Waals surface area contributed by atoms with Crippen LogP contribution in [0.3, 0.4) is 0 Å². The minimum absolute atomic E-state index is 0.108. The van der Waals surface area contributed by atoms with Crippen molar-refractivity contribution in [1.29, 1.82) is 0 Å². The van der Waals surface area contributed by atoms with Gasteiger partial charge in [0.15, 0.2) is 11.7 Å². The fourth-order valence-electron chi connectivity index (χ4n) is 3.96. The molecular weight excluding hydrogens is 458 g/mol. The highest BCUT2D eigenvalue weighted by Crippen LogP contribution is 2.33. The second-order valence-electron chi connectivity index (χ2n) is 8.40. The number of nitrogens with zero attached hydrogens (tertiary/aromatic N) is 4. The fraction of sp³-hybridized carbons (Fsp3) is 0.292. The van der Waals surface area contributed by atoms with Gasteiger partial charge in [0.2, 0.25) is 0 Å². The summed E-state index contributed by atoms with van der Waals surface area (Å²) in [7, 11) is 3.11. The summed E-state index contributed by atoms with van der Waals surface area (Å²) in [6.07, 6.45) is 2.07. The number of halogens is 1. The van der Waals surface area contributed by atoms with Crippen LogP contribution in [-0.2, 0) is 7.05 Å². The number of aromatic nitrogens is 3. The number of hydrogen-bond acceptors (Lipinski definition) is 8. The number of aliphatic hydroxyl groups excluding tert-OH is 1. The van der Waals surface area contributed by atoms with Crippen LogP contribution in [0.2, 0.25) is 5.15 Å². The van der Waals surface area contributed by atoms with Gasteiger partial charge in [0.1, 0.15) is 22.2 Å². The van der Waals surface area contributed by atoms with E-state index < -0.39 is 6.23 Å². The van der Waals surface area contributed by atoms with Gasteiger partial charge in [-0.2, -0.15) is 10.2 Å². The molecular formula is C24H26ClN5O4. The Kier molecular flexibility index (Phi) is 6.46. The minimum Gasteiger partial charge on any atom is -0.455 e. The highest BCUT2D eigenvalue weighted by molar-refractivity contribution is 6.29. The van der Waals surface area contributed by atoms with E-state index in [4.69, 9.17) is 16.0 Å². The summed E-state index contributed by atoms with van der Waals surface area (Å²) in [6.45, 7) is 5.57. The van der Waals surface area contributed by atoms with Gasteiger partial charge in [-0.25, -0.2) is 4.98 Å². The smallest absolute Gasteiger partial charge is 0.196 e. The maximum atomic E-state index is 13.3. The van der Waals surface area contributed by atoms with E-state index in [-0.39, 0.29) is 22.3 Å². The largest absolute Gasteiger partial charge is 0.455 e. The number of hydroxylamine groups is 2. The van der Waals surface area contributed by atoms with Crippen LogP contribution in [-0.4, -0.2) is 37.2 Å². The summed E-state index contributed by atoms with van der Waals surface area (Å²) in [6, 6.07) is 6.67. The van der Waals surface area contributed by atoms with E-state index in [0.29, 0.717) is 38.6 Å². The molecule has 4 aromatic rings. The predicted molar refractivity (Wildman–Crippen MR) is 130 cm³/mol. The highest BCUT2D eigenvalue weighted by Gasteiger charge is 2.23. The van der Waals surface area contributed by atoms with Crippen LogP contribution in [0.1, 0.15) is 41.6 Å². The van der Waals surface area contributed by atoms with E-state index in [1.54, 1.807) is 43.2 Å². The molecule has 0 saturated carbocycles. The number of anilines is 1. The summed E-state index contributed by atoms with van der Waals surface area (Å²) < 4.78 is 7.98. The molecule has 0 fully saturated rings. The van der Waals surface area contributed by atoms with Crippen molar-refractivity contribution in [3.8, 4) is 11.3 Å². The maximum Gasteiger partial charge on any atom is 0.196 e. The third-order valence-corrected chi connectivity index (χ3v) is 5.90. The molecule has 1 aromatic carbocycles. The number of aliphatic hydroxyl groups is 1. The average molecular weight is 484 g/mol. The zero-order chi connectivity index (χ0) is 24.7. The Bertz CT molecular complexity index is 1430. The molecule has 2 atom stereocenters. The summed E-state index contributed by atoms with van der Waals surface area (Å²) in [5, 5.41) is 28.9. The lowest BCUT2D eigenvalue weighted by Gasteiger charge is -2.23. The van der Waals surface area contributed by atoms with Crippen LogP contribution in [0.4, 0.5) is 5.69 Å². The molecule has 0 aliphatic carbocycles. The van der Waals surface area contributed by atoms with Gasteiger partial charge >= 0.3 is 0 Å². The predicted octanol–water partition coefficient (Wildman–Crippen LogP) is 4.34. The molecule has 0 amide bonds. The van der Waals surface area contributed by atoms with E-state index >= 15 is 0 Å². The first kappa shape index (κ1) is 23.9. The molecule has 0 aliphatic heterocycles. The lowest BCUT2D eigenvalue weighted by atomic mass is 9.99. The molecule has 9 nitrogen and oxygen atoms in total. The van der Waals surface area contributed by atoms with Crippen molar-refractivity contribution in [2.45, 2.75) is 33.0 Å². The Morgan fingerprint density at radius 3 is 2.65 bits per heavy atom. The lowest BCUT2D eigenvalue weighted by Crippen LogP contribution is -2.23. The number of rotatable bonds is 6. The number of pyridine rings is 1. The van der Waals surface area contributed by atoms with E-state index in [2.05, 4.69) is 15.4 Å². The molecule has 0 aliphatic rings. The Labute approximate surface area is 201 Å². The summed E-state index contributed by atoms with van der Waals surface area (Å²) in [5.41, 5.74) is 3.87. The molecule has 0 saturated heterocycles. The van der Waals surface area contributed by atoms with Gasteiger partial charge in [0, 0.05) is 31.4 Å². The van der Waals surface area contributed by atoms with Gasteiger partial charge in [0.25, 0.3) is 0 Å². The number of nitrogens with one attached hydrogen (secondary N) is 1. The van der Waals surface area contributed by atoms with Gasteiger partial charge in [-0.3, -0.25) is 9.48 Å². The molecule has 0 spiro atoms. The molecule has 4 rings (SSSR count). The Morgan fingerprint density at radius 2 is 2.00 bits per heavy atom. The van der Waals surface area contributed by atoms with Crippen LogP contribution in [0, 0.1) is 13.8 Å². The first-order valence-corrected chi connectivity index (χ1v) is 11.0. The zero-order valence-electron chi connectivity index (χ0n) is 19.5. The van der Waals surface area contributed by atoms with Crippen molar-refractivity contribution < 1.29 is 14.7 Å². The second kappa shape index (κ2) is 9.19. The highest BCUT2D eigenvalue weighted by atomic mass is 35.5. The standard InChI is InChI=1S/C24H26ClN5O4/c1-12-8-16(14(3)27-18-6-7-19(25)28-20(18)24(32)30(5)33)23-17(9-12)21(31)13(2)22(34-23)15-10-26-29(4)11-15/h6-11,14,24,27,32-33H,1-5H3/t14-,24?/m1/s1. The first-order valence-electron chi connectivity index (χ1n) is 10.7. The SMILES string of the molecule is Cc1cc([C@@H](C)Nc2ccc(Cl)nc2C(O)N(C)O)c2oc(-c3cnn(C)c3)c(C)c(=O)c2c1. The Hall–Kier alpha value is -3.24. The number of aryl methyl sites for hydroxylation is 2. The topological polar surface area (TPSA) is 117 Å². The third kappa shape index (κ3) is 4.43. The van der Waals surface area contributed by atoms with Gasteiger partial charge in [0.05, 0.1) is 28.9 Å². The van der Waals surface area contributed by atoms with Crippen molar-refractivity contribution in [3.05, 3.63) is 74.4 Å². The molecule has 3 N–H and O–H groups in total. The lowest BCUT2D eigenvalue weighted by molar-refractivity contribution is -0.181. The summed E-state index contributed by atoms with van der Waals surface area (Å²) >= 11 is 6.02. The van der Waals surface area contributed by atoms with Crippen molar-refractivity contribution >= 4 is 28.3 Å². The van der Waals surface area contributed by atoms with Crippen molar-refractivity contribution in [2.75, 3.05) is 12.4 Å². The number of fused-ring (bicyclic) bond motifs is 1. The first-order chi connectivity index (χ1) is 16.1. The van der Waals surface area contributed by atoms with Crippen LogP contribution < -0.4 is 10.7 Å². The normalized spacial score (nSPS) is 13.4. The third-order valence-electron chi connectivity index (χ3n) is 5.69. The molecule has 3 aromatic heterocycles. The minimum atomic E-state index is -1.39. The number of hydrogen-bond donors (Lipinski definition) is 3. The van der Waals surface area contributed by atoms with Crippen LogP contribution in [0.15, 0.2) is 45.9 Å². The molecule has 3 heterocycles. The van der Waals surface area contributed by atoms with Gasteiger partial charge in [-0.1, -0.05) is 17.7 Å². The van der Waals surface area contributed by atoms with Crippen molar-refractivity contribution in [1.82, 2.24) is 19.8 Å². The van der Waals surface area contributed by atoms with Gasteiger partial charge in [-0.05, 0) is 44.5 Å². The fourth-order valence-corrected chi connectivity index (χ4v) is 4.11. The molecule has 1 unspecified atom stereocenters. The monoisotopic (exact) mass is 483 g/mol.